The molecule has 30 heavy (non-hydrogen) atoms. The predicted molar refractivity (Wildman–Crippen MR) is 101 cm³/mol. The van der Waals surface area contributed by atoms with Crippen LogP contribution in [0, 0.1) is 12.3 Å². The van der Waals surface area contributed by atoms with Gasteiger partial charge in [0.2, 0.25) is 11.4 Å². The lowest BCUT2D eigenvalue weighted by molar-refractivity contribution is -0.201. The Morgan fingerprint density at radius 1 is 1.07 bits per heavy atom. The Hall–Kier alpha value is -3.37. The molecule has 0 saturated carbocycles. The van der Waals surface area contributed by atoms with Crippen LogP contribution in [0.25, 0.3) is 5.69 Å². The number of carbonyl (C=O) groups excluding carboxylic acids is 2. The molecule has 1 atom stereocenters. The van der Waals surface area contributed by atoms with E-state index in [4.69, 9.17) is 0 Å². The Kier molecular flexibility index (Phi) is 4.68. The molecule has 3 rings (SSSR count). The zero-order chi connectivity index (χ0) is 22.6. The maximum absolute atomic E-state index is 14.2. The van der Waals surface area contributed by atoms with Crippen LogP contribution in [0.1, 0.15) is 31.9 Å². The Labute approximate surface area is 168 Å². The van der Waals surface area contributed by atoms with Crippen LogP contribution >= 0.6 is 0 Å². The minimum absolute atomic E-state index is 0.124. The zero-order valence-electron chi connectivity index (χ0n) is 16.5. The molecule has 0 saturated heterocycles. The standard InChI is InChI=1S/C19H19F3N4O4/c1-9-5-7-10(8-6-9)26-12-11(13(27)24-16(26)30)18(15(29)23-12,19(20,21)22)25-14(28)17(2,3)4/h5-8H,1-4H3,(H,23,29)(H,25,28)(H,24,27,30). The van der Waals surface area contributed by atoms with Gasteiger partial charge in [-0.25, -0.2) is 9.36 Å². The van der Waals surface area contributed by atoms with E-state index in [1.165, 1.54) is 32.9 Å². The third kappa shape index (κ3) is 3.10. The lowest BCUT2D eigenvalue weighted by atomic mass is 9.88. The summed E-state index contributed by atoms with van der Waals surface area (Å²) in [7, 11) is 0. The highest BCUT2D eigenvalue weighted by Crippen LogP contribution is 2.45. The normalized spacial score (nSPS) is 18.7. The first-order valence-corrected chi connectivity index (χ1v) is 8.88. The number of hydrogen-bond donors (Lipinski definition) is 3. The average Bonchev–Trinajstić information content (AvgIpc) is 2.89. The molecular formula is C19H19F3N4O4. The van der Waals surface area contributed by atoms with E-state index in [0.29, 0.717) is 0 Å². The molecule has 1 aromatic carbocycles. The molecule has 0 aliphatic carbocycles. The summed E-state index contributed by atoms with van der Waals surface area (Å²) < 4.78 is 43.5. The lowest BCUT2D eigenvalue weighted by Gasteiger charge is -2.32. The van der Waals surface area contributed by atoms with Crippen molar-refractivity contribution in [3.8, 4) is 5.69 Å². The van der Waals surface area contributed by atoms with E-state index in [2.05, 4.69) is 0 Å². The van der Waals surface area contributed by atoms with E-state index in [-0.39, 0.29) is 5.69 Å². The van der Waals surface area contributed by atoms with E-state index in [1.807, 2.05) is 10.3 Å². The number of nitrogens with one attached hydrogen (secondary N) is 3. The van der Waals surface area contributed by atoms with E-state index < -0.39 is 51.6 Å². The Morgan fingerprint density at radius 3 is 2.13 bits per heavy atom. The van der Waals surface area contributed by atoms with Crippen molar-refractivity contribution < 1.29 is 22.8 Å². The third-order valence-electron chi connectivity index (χ3n) is 4.76. The number of amides is 2. The fraction of sp³-hybridized carbons (Fsp3) is 0.368. The minimum Gasteiger partial charge on any atom is -0.330 e. The van der Waals surface area contributed by atoms with Crippen LogP contribution in [0.2, 0.25) is 0 Å². The van der Waals surface area contributed by atoms with Crippen LogP contribution in [0.5, 0.6) is 0 Å². The topological polar surface area (TPSA) is 113 Å². The fourth-order valence-electron chi connectivity index (χ4n) is 3.08. The molecule has 1 aromatic heterocycles. The van der Waals surface area contributed by atoms with Crippen molar-refractivity contribution in [3.05, 3.63) is 56.2 Å². The maximum Gasteiger partial charge on any atom is 0.425 e. The van der Waals surface area contributed by atoms with Gasteiger partial charge in [0, 0.05) is 5.41 Å². The summed E-state index contributed by atoms with van der Waals surface area (Å²) in [5, 5.41) is 3.70. The quantitative estimate of drug-likeness (QED) is 0.681. The van der Waals surface area contributed by atoms with Crippen LogP contribution in [0.15, 0.2) is 33.9 Å². The fourth-order valence-corrected chi connectivity index (χ4v) is 3.08. The van der Waals surface area contributed by atoms with E-state index in [0.717, 1.165) is 10.1 Å². The number of fused-ring (bicyclic) bond motifs is 1. The molecule has 0 spiro atoms. The van der Waals surface area contributed by atoms with Gasteiger partial charge in [-0.15, -0.1) is 0 Å². The molecule has 11 heteroatoms. The highest BCUT2D eigenvalue weighted by molar-refractivity contribution is 6.08. The molecule has 1 aliphatic rings. The van der Waals surface area contributed by atoms with Gasteiger partial charge in [-0.05, 0) is 19.1 Å². The van der Waals surface area contributed by atoms with Crippen LogP contribution in [-0.2, 0) is 15.1 Å². The molecule has 1 unspecified atom stereocenters. The highest BCUT2D eigenvalue weighted by Gasteiger charge is 2.68. The highest BCUT2D eigenvalue weighted by atomic mass is 19.4. The molecule has 2 heterocycles. The van der Waals surface area contributed by atoms with Crippen LogP contribution in [-0.4, -0.2) is 27.5 Å². The number of anilines is 1. The van der Waals surface area contributed by atoms with Gasteiger partial charge < -0.3 is 10.6 Å². The predicted octanol–water partition coefficient (Wildman–Crippen LogP) is 1.71. The molecular weight excluding hydrogens is 405 g/mol. The second-order valence-electron chi connectivity index (χ2n) is 8.06. The molecule has 2 amide bonds. The molecule has 0 fully saturated rings. The summed E-state index contributed by atoms with van der Waals surface area (Å²) in [6.45, 7) is 5.84. The number of nitrogens with zero attached hydrogens (tertiary/aromatic N) is 1. The second-order valence-corrected chi connectivity index (χ2v) is 8.06. The molecule has 160 valence electrons. The van der Waals surface area contributed by atoms with Crippen LogP contribution in [0.4, 0.5) is 19.0 Å². The minimum atomic E-state index is -5.37. The van der Waals surface area contributed by atoms with E-state index in [9.17, 15) is 32.3 Å². The number of halogens is 3. The summed E-state index contributed by atoms with van der Waals surface area (Å²) >= 11 is 0. The molecule has 3 N–H and O–H groups in total. The number of benzene rings is 1. The van der Waals surface area contributed by atoms with Crippen molar-refractivity contribution in [2.75, 3.05) is 5.32 Å². The first-order chi connectivity index (χ1) is 13.7. The lowest BCUT2D eigenvalue weighted by Crippen LogP contribution is -2.63. The Morgan fingerprint density at radius 2 is 1.63 bits per heavy atom. The van der Waals surface area contributed by atoms with Gasteiger partial charge in [-0.1, -0.05) is 38.5 Å². The SMILES string of the molecule is Cc1ccc(-n2c3c(c(=O)[nH]c2=O)C(NC(=O)C(C)(C)C)(C(F)(F)F)C(=O)N3)cc1. The van der Waals surface area contributed by atoms with Crippen molar-refractivity contribution in [2.45, 2.75) is 39.4 Å². The number of aromatic nitrogens is 2. The third-order valence-corrected chi connectivity index (χ3v) is 4.76. The number of alkyl halides is 3. The number of aromatic amines is 1. The molecule has 0 bridgehead atoms. The van der Waals surface area contributed by atoms with Gasteiger partial charge in [0.15, 0.2) is 0 Å². The zero-order valence-corrected chi connectivity index (χ0v) is 16.5. The average molecular weight is 424 g/mol. The van der Waals surface area contributed by atoms with Gasteiger partial charge in [-0.2, -0.15) is 13.2 Å². The van der Waals surface area contributed by atoms with Crippen molar-refractivity contribution in [1.82, 2.24) is 14.9 Å². The summed E-state index contributed by atoms with van der Waals surface area (Å²) in [6.07, 6.45) is -5.37. The summed E-state index contributed by atoms with van der Waals surface area (Å²) in [5.74, 6) is -3.43. The molecule has 1 aliphatic heterocycles. The van der Waals surface area contributed by atoms with Crippen molar-refractivity contribution in [3.63, 3.8) is 0 Å². The largest absolute Gasteiger partial charge is 0.425 e. The van der Waals surface area contributed by atoms with E-state index in [1.54, 1.807) is 24.4 Å². The summed E-state index contributed by atoms with van der Waals surface area (Å²) in [5.41, 5.74) is -7.57. The second kappa shape index (κ2) is 6.57. The first kappa shape index (κ1) is 21.3. The van der Waals surface area contributed by atoms with Crippen LogP contribution < -0.4 is 21.9 Å². The Bertz CT molecular complexity index is 1160. The smallest absolute Gasteiger partial charge is 0.330 e. The van der Waals surface area contributed by atoms with Gasteiger partial charge in [0.25, 0.3) is 11.5 Å². The van der Waals surface area contributed by atoms with Crippen LogP contribution in [0.3, 0.4) is 0 Å². The van der Waals surface area contributed by atoms with E-state index >= 15 is 0 Å². The maximum atomic E-state index is 14.2. The van der Waals surface area contributed by atoms with Crippen molar-refractivity contribution >= 4 is 17.6 Å². The molecule has 0 radical (unpaired) electrons. The van der Waals surface area contributed by atoms with Gasteiger partial charge in [0.1, 0.15) is 11.4 Å². The Balaban J connectivity index is 2.37. The van der Waals surface area contributed by atoms with Gasteiger partial charge >= 0.3 is 11.9 Å². The van der Waals surface area contributed by atoms with Crippen molar-refractivity contribution in [1.29, 1.82) is 0 Å². The number of hydrogen-bond acceptors (Lipinski definition) is 4. The number of aryl methyl sites for hydroxylation is 1. The number of H-pyrrole nitrogens is 1. The monoisotopic (exact) mass is 424 g/mol. The summed E-state index contributed by atoms with van der Waals surface area (Å²) in [4.78, 5) is 51.8. The van der Waals surface area contributed by atoms with Crippen molar-refractivity contribution in [2.24, 2.45) is 5.41 Å². The van der Waals surface area contributed by atoms with Gasteiger partial charge in [0.05, 0.1) is 5.69 Å². The molecule has 2 aromatic rings. The molecule has 8 nitrogen and oxygen atoms in total. The summed E-state index contributed by atoms with van der Waals surface area (Å²) in [6, 6.07) is 6.11. The first-order valence-electron chi connectivity index (χ1n) is 8.88. The number of carbonyl (C=O) groups is 2. The number of rotatable bonds is 2. The van der Waals surface area contributed by atoms with Gasteiger partial charge in [-0.3, -0.25) is 19.4 Å².